The summed E-state index contributed by atoms with van der Waals surface area (Å²) < 4.78 is 5.51. The first-order valence-corrected chi connectivity index (χ1v) is 6.17. The molecule has 1 aliphatic rings. The van der Waals surface area contributed by atoms with Crippen LogP contribution in [0.3, 0.4) is 0 Å². The highest BCUT2D eigenvalue weighted by molar-refractivity contribution is 5.78. The van der Waals surface area contributed by atoms with Gasteiger partial charge in [0.25, 0.3) is 0 Å². The van der Waals surface area contributed by atoms with Gasteiger partial charge in [-0.1, -0.05) is 6.92 Å². The van der Waals surface area contributed by atoms with Gasteiger partial charge in [-0.25, -0.2) is 0 Å². The van der Waals surface area contributed by atoms with Crippen molar-refractivity contribution < 1.29 is 9.53 Å². The second-order valence-corrected chi connectivity index (χ2v) is 4.17. The minimum Gasteiger partial charge on any atom is -0.378 e. The van der Waals surface area contributed by atoms with Gasteiger partial charge < -0.3 is 10.1 Å². The largest absolute Gasteiger partial charge is 0.378 e. The zero-order chi connectivity index (χ0) is 10.9. The quantitative estimate of drug-likeness (QED) is 0.626. The Hall–Kier alpha value is -0.410. The third-order valence-electron chi connectivity index (χ3n) is 2.84. The molecule has 15 heavy (non-hydrogen) atoms. The molecule has 0 aliphatic carbocycles. The van der Waals surface area contributed by atoms with Gasteiger partial charge in [-0.3, -0.25) is 4.79 Å². The standard InChI is InChI=1S/C12H23NO2/c1-2-13-9-8-11(14)5-3-6-12-7-4-10-15-12/h12-13H,2-10H2,1H3. The molecule has 0 spiro atoms. The number of Topliss-reactive ketones (excluding diaryl/α,β-unsaturated/α-hetero) is 1. The molecule has 1 unspecified atom stereocenters. The minimum atomic E-state index is 0.383. The molecule has 1 aliphatic heterocycles. The van der Waals surface area contributed by atoms with Crippen molar-refractivity contribution in [1.82, 2.24) is 5.32 Å². The fourth-order valence-corrected chi connectivity index (χ4v) is 1.93. The van der Waals surface area contributed by atoms with Gasteiger partial charge in [0.15, 0.2) is 0 Å². The lowest BCUT2D eigenvalue weighted by Crippen LogP contribution is -2.17. The SMILES string of the molecule is CCNCCC(=O)CCCC1CCCO1. The molecule has 88 valence electrons. The summed E-state index contributed by atoms with van der Waals surface area (Å²) in [5, 5.41) is 3.17. The summed E-state index contributed by atoms with van der Waals surface area (Å²) in [6.45, 7) is 4.75. The molecule has 1 saturated heterocycles. The summed E-state index contributed by atoms with van der Waals surface area (Å²) in [6.07, 6.45) is 6.28. The van der Waals surface area contributed by atoms with E-state index in [4.69, 9.17) is 4.74 Å². The predicted molar refractivity (Wildman–Crippen MR) is 61.0 cm³/mol. The fraction of sp³-hybridized carbons (Fsp3) is 0.917. The molecular formula is C12H23NO2. The van der Waals surface area contributed by atoms with Crippen LogP contribution < -0.4 is 5.32 Å². The summed E-state index contributed by atoms with van der Waals surface area (Å²) in [5.74, 6) is 0.383. The first-order chi connectivity index (χ1) is 7.33. The first-order valence-electron chi connectivity index (χ1n) is 6.17. The molecular weight excluding hydrogens is 190 g/mol. The van der Waals surface area contributed by atoms with E-state index in [1.54, 1.807) is 0 Å². The molecule has 1 N–H and O–H groups in total. The van der Waals surface area contributed by atoms with Crippen LogP contribution in [0.25, 0.3) is 0 Å². The highest BCUT2D eigenvalue weighted by atomic mass is 16.5. The maximum atomic E-state index is 11.4. The van der Waals surface area contributed by atoms with Crippen molar-refractivity contribution in [3.05, 3.63) is 0 Å². The summed E-state index contributed by atoms with van der Waals surface area (Å²) >= 11 is 0. The van der Waals surface area contributed by atoms with Crippen molar-refractivity contribution in [3.63, 3.8) is 0 Å². The minimum absolute atomic E-state index is 0.383. The average Bonchev–Trinajstić information content (AvgIpc) is 2.71. The second-order valence-electron chi connectivity index (χ2n) is 4.17. The van der Waals surface area contributed by atoms with Crippen molar-refractivity contribution >= 4 is 5.78 Å². The van der Waals surface area contributed by atoms with Crippen molar-refractivity contribution in [2.24, 2.45) is 0 Å². The van der Waals surface area contributed by atoms with Gasteiger partial charge in [-0.15, -0.1) is 0 Å². The Morgan fingerprint density at radius 2 is 2.33 bits per heavy atom. The van der Waals surface area contributed by atoms with E-state index < -0.39 is 0 Å². The lowest BCUT2D eigenvalue weighted by molar-refractivity contribution is -0.119. The lowest BCUT2D eigenvalue weighted by atomic mass is 10.1. The number of rotatable bonds is 8. The van der Waals surface area contributed by atoms with E-state index in [1.807, 2.05) is 0 Å². The highest BCUT2D eigenvalue weighted by Crippen LogP contribution is 2.17. The number of carbonyl (C=O) groups excluding carboxylic acids is 1. The summed E-state index contributed by atoms with van der Waals surface area (Å²) in [5.41, 5.74) is 0. The van der Waals surface area contributed by atoms with Crippen molar-refractivity contribution in [3.8, 4) is 0 Å². The Morgan fingerprint density at radius 1 is 1.47 bits per heavy atom. The molecule has 0 bridgehead atoms. The van der Waals surface area contributed by atoms with Crippen LogP contribution in [0.15, 0.2) is 0 Å². The van der Waals surface area contributed by atoms with E-state index >= 15 is 0 Å². The predicted octanol–water partition coefficient (Wildman–Crippen LogP) is 1.90. The molecule has 3 heteroatoms. The number of ketones is 1. The number of nitrogens with one attached hydrogen (secondary N) is 1. The molecule has 0 aromatic rings. The second kappa shape index (κ2) is 7.83. The molecule has 0 saturated carbocycles. The van der Waals surface area contributed by atoms with Crippen LogP contribution in [-0.4, -0.2) is 31.6 Å². The molecule has 0 aromatic carbocycles. The zero-order valence-corrected chi connectivity index (χ0v) is 9.76. The van der Waals surface area contributed by atoms with Gasteiger partial charge in [0.05, 0.1) is 6.10 Å². The van der Waals surface area contributed by atoms with E-state index in [0.29, 0.717) is 18.3 Å². The van der Waals surface area contributed by atoms with E-state index in [9.17, 15) is 4.79 Å². The Balaban J connectivity index is 1.91. The van der Waals surface area contributed by atoms with Crippen LogP contribution in [0, 0.1) is 0 Å². The molecule has 1 heterocycles. The third-order valence-corrected chi connectivity index (χ3v) is 2.84. The smallest absolute Gasteiger partial charge is 0.134 e. The van der Waals surface area contributed by atoms with Crippen molar-refractivity contribution in [2.45, 2.75) is 51.6 Å². The Morgan fingerprint density at radius 3 is 3.00 bits per heavy atom. The number of hydrogen-bond acceptors (Lipinski definition) is 3. The molecule has 0 radical (unpaired) electrons. The van der Waals surface area contributed by atoms with Crippen LogP contribution in [-0.2, 0) is 9.53 Å². The fourth-order valence-electron chi connectivity index (χ4n) is 1.93. The monoisotopic (exact) mass is 213 g/mol. The van der Waals surface area contributed by atoms with Crippen molar-refractivity contribution in [1.29, 1.82) is 0 Å². The van der Waals surface area contributed by atoms with E-state index in [1.165, 1.54) is 12.8 Å². The molecule has 0 amide bonds. The normalized spacial score (nSPS) is 20.7. The van der Waals surface area contributed by atoms with E-state index in [2.05, 4.69) is 12.2 Å². The van der Waals surface area contributed by atoms with Gasteiger partial charge >= 0.3 is 0 Å². The Labute approximate surface area is 92.6 Å². The van der Waals surface area contributed by atoms with Crippen LogP contribution in [0.2, 0.25) is 0 Å². The van der Waals surface area contributed by atoms with Crippen LogP contribution in [0.4, 0.5) is 0 Å². The topological polar surface area (TPSA) is 38.3 Å². The van der Waals surface area contributed by atoms with E-state index in [-0.39, 0.29) is 0 Å². The Bertz CT molecular complexity index is 176. The zero-order valence-electron chi connectivity index (χ0n) is 9.76. The highest BCUT2D eigenvalue weighted by Gasteiger charge is 2.15. The maximum absolute atomic E-state index is 11.4. The molecule has 3 nitrogen and oxygen atoms in total. The third kappa shape index (κ3) is 5.90. The summed E-state index contributed by atoms with van der Waals surface area (Å²) in [6, 6.07) is 0. The van der Waals surface area contributed by atoms with Crippen LogP contribution >= 0.6 is 0 Å². The van der Waals surface area contributed by atoms with E-state index in [0.717, 1.165) is 39.0 Å². The van der Waals surface area contributed by atoms with Gasteiger partial charge in [-0.2, -0.15) is 0 Å². The van der Waals surface area contributed by atoms with Crippen molar-refractivity contribution in [2.75, 3.05) is 19.7 Å². The first kappa shape index (κ1) is 12.7. The maximum Gasteiger partial charge on any atom is 0.134 e. The Kier molecular flexibility index (Phi) is 6.60. The number of hydrogen-bond donors (Lipinski definition) is 1. The van der Waals surface area contributed by atoms with Crippen LogP contribution in [0.5, 0.6) is 0 Å². The number of ether oxygens (including phenoxy) is 1. The molecule has 1 fully saturated rings. The van der Waals surface area contributed by atoms with Gasteiger partial charge in [0.2, 0.25) is 0 Å². The van der Waals surface area contributed by atoms with Gasteiger partial charge in [0, 0.05) is 26.0 Å². The summed E-state index contributed by atoms with van der Waals surface area (Å²) in [7, 11) is 0. The van der Waals surface area contributed by atoms with Gasteiger partial charge in [0.1, 0.15) is 5.78 Å². The lowest BCUT2D eigenvalue weighted by Gasteiger charge is -2.08. The van der Waals surface area contributed by atoms with Gasteiger partial charge in [-0.05, 0) is 32.2 Å². The average molecular weight is 213 g/mol. The number of carbonyl (C=O) groups is 1. The van der Waals surface area contributed by atoms with Crippen LogP contribution in [0.1, 0.15) is 45.4 Å². The molecule has 0 aromatic heterocycles. The summed E-state index contributed by atoms with van der Waals surface area (Å²) in [4.78, 5) is 11.4. The molecule has 1 atom stereocenters. The molecule has 1 rings (SSSR count).